The summed E-state index contributed by atoms with van der Waals surface area (Å²) in [6.45, 7) is 0.399. The molecule has 21 heavy (non-hydrogen) atoms. The first-order valence-electron chi connectivity index (χ1n) is 6.67. The molecular weight excluding hydrogens is 272 g/mol. The quantitative estimate of drug-likeness (QED) is 0.842. The second kappa shape index (κ2) is 5.35. The van der Waals surface area contributed by atoms with Crippen molar-refractivity contribution in [1.82, 2.24) is 19.9 Å². The van der Waals surface area contributed by atoms with Gasteiger partial charge in [-0.1, -0.05) is 6.07 Å². The standard InChI is InChI=1S/C14H14N4O3/c19-12-11(7-16-14(21)17-12)13(20)18(10-3-4-10)8-9-2-1-5-15-6-9/h1-2,5-7,10H,3-4,8H2,(H2,16,17,19,21). The van der Waals surface area contributed by atoms with Gasteiger partial charge in [0.2, 0.25) is 0 Å². The Morgan fingerprint density at radius 2 is 2.19 bits per heavy atom. The average Bonchev–Trinajstić information content (AvgIpc) is 3.30. The number of rotatable bonds is 4. The number of nitrogens with one attached hydrogen (secondary N) is 2. The van der Waals surface area contributed by atoms with Gasteiger partial charge >= 0.3 is 5.69 Å². The highest BCUT2D eigenvalue weighted by Crippen LogP contribution is 2.29. The van der Waals surface area contributed by atoms with Gasteiger partial charge in [-0.2, -0.15) is 0 Å². The third-order valence-corrected chi connectivity index (χ3v) is 3.37. The minimum Gasteiger partial charge on any atom is -0.331 e. The molecule has 1 amide bonds. The summed E-state index contributed by atoms with van der Waals surface area (Å²) in [5.41, 5.74) is -0.439. The molecule has 0 saturated heterocycles. The number of aromatic nitrogens is 3. The van der Waals surface area contributed by atoms with Crippen LogP contribution in [-0.4, -0.2) is 31.8 Å². The van der Waals surface area contributed by atoms with E-state index < -0.39 is 11.2 Å². The van der Waals surface area contributed by atoms with E-state index in [0.29, 0.717) is 6.54 Å². The van der Waals surface area contributed by atoms with Gasteiger partial charge < -0.3 is 9.88 Å². The Bertz CT molecular complexity index is 762. The van der Waals surface area contributed by atoms with Crippen LogP contribution in [-0.2, 0) is 6.54 Å². The van der Waals surface area contributed by atoms with Crippen molar-refractivity contribution in [2.75, 3.05) is 0 Å². The van der Waals surface area contributed by atoms with E-state index in [4.69, 9.17) is 0 Å². The number of amides is 1. The molecule has 1 fully saturated rings. The second-order valence-corrected chi connectivity index (χ2v) is 5.01. The molecule has 0 spiro atoms. The number of H-pyrrole nitrogens is 2. The van der Waals surface area contributed by atoms with Gasteiger partial charge in [0.15, 0.2) is 0 Å². The zero-order chi connectivity index (χ0) is 14.8. The van der Waals surface area contributed by atoms with E-state index in [1.165, 1.54) is 6.20 Å². The average molecular weight is 286 g/mol. The van der Waals surface area contributed by atoms with Crippen molar-refractivity contribution in [1.29, 1.82) is 0 Å². The summed E-state index contributed by atoms with van der Waals surface area (Å²) in [7, 11) is 0. The lowest BCUT2D eigenvalue weighted by molar-refractivity contribution is 0.0727. The fourth-order valence-corrected chi connectivity index (χ4v) is 2.16. The molecule has 0 unspecified atom stereocenters. The van der Waals surface area contributed by atoms with Gasteiger partial charge in [0.1, 0.15) is 5.56 Å². The highest BCUT2D eigenvalue weighted by atomic mass is 16.2. The molecule has 2 aromatic rings. The Hall–Kier alpha value is -2.70. The van der Waals surface area contributed by atoms with Gasteiger partial charge in [0.05, 0.1) is 0 Å². The summed E-state index contributed by atoms with van der Waals surface area (Å²) in [4.78, 5) is 45.4. The number of carbonyl (C=O) groups excluding carboxylic acids is 1. The number of pyridine rings is 1. The monoisotopic (exact) mass is 286 g/mol. The zero-order valence-electron chi connectivity index (χ0n) is 11.2. The van der Waals surface area contributed by atoms with Crippen molar-refractivity contribution in [3.63, 3.8) is 0 Å². The summed E-state index contributed by atoms with van der Waals surface area (Å²) in [5, 5.41) is 0. The van der Waals surface area contributed by atoms with Crippen molar-refractivity contribution < 1.29 is 4.79 Å². The Balaban J connectivity index is 1.89. The highest BCUT2D eigenvalue weighted by Gasteiger charge is 2.34. The predicted octanol–water partition coefficient (Wildman–Crippen LogP) is 0.263. The fourth-order valence-electron chi connectivity index (χ4n) is 2.16. The van der Waals surface area contributed by atoms with Gasteiger partial charge in [0, 0.05) is 31.2 Å². The molecule has 2 N–H and O–H groups in total. The van der Waals surface area contributed by atoms with E-state index in [9.17, 15) is 14.4 Å². The van der Waals surface area contributed by atoms with Crippen LogP contribution in [0, 0.1) is 0 Å². The van der Waals surface area contributed by atoms with E-state index in [1.54, 1.807) is 23.4 Å². The molecule has 7 heteroatoms. The number of aromatic amines is 2. The normalized spacial score (nSPS) is 13.9. The predicted molar refractivity (Wildman–Crippen MR) is 74.8 cm³/mol. The highest BCUT2D eigenvalue weighted by molar-refractivity contribution is 5.93. The van der Waals surface area contributed by atoms with Gasteiger partial charge in [-0.25, -0.2) is 4.79 Å². The lowest BCUT2D eigenvalue weighted by Crippen LogP contribution is -2.38. The maximum Gasteiger partial charge on any atom is 0.325 e. The molecule has 0 radical (unpaired) electrons. The van der Waals surface area contributed by atoms with E-state index in [0.717, 1.165) is 18.4 Å². The first-order valence-corrected chi connectivity index (χ1v) is 6.67. The molecular formula is C14H14N4O3. The fraction of sp³-hybridized carbons (Fsp3) is 0.286. The molecule has 0 atom stereocenters. The summed E-state index contributed by atoms with van der Waals surface area (Å²) >= 11 is 0. The summed E-state index contributed by atoms with van der Waals surface area (Å²) in [5.74, 6) is -0.376. The van der Waals surface area contributed by atoms with Crippen LogP contribution in [0.5, 0.6) is 0 Å². The Morgan fingerprint density at radius 3 is 2.81 bits per heavy atom. The van der Waals surface area contributed by atoms with Crippen LogP contribution in [0.1, 0.15) is 28.8 Å². The molecule has 3 rings (SSSR count). The molecule has 7 nitrogen and oxygen atoms in total. The maximum absolute atomic E-state index is 12.5. The van der Waals surface area contributed by atoms with Crippen molar-refractivity contribution in [2.24, 2.45) is 0 Å². The smallest absolute Gasteiger partial charge is 0.325 e. The lowest BCUT2D eigenvalue weighted by Gasteiger charge is -2.21. The van der Waals surface area contributed by atoms with Gasteiger partial charge in [-0.15, -0.1) is 0 Å². The van der Waals surface area contributed by atoms with Crippen LogP contribution in [0.3, 0.4) is 0 Å². The van der Waals surface area contributed by atoms with Crippen LogP contribution < -0.4 is 11.2 Å². The number of carbonyl (C=O) groups is 1. The SMILES string of the molecule is O=C(c1c[nH]c(=O)[nH]c1=O)N(Cc1cccnc1)C1CC1. The van der Waals surface area contributed by atoms with E-state index >= 15 is 0 Å². The molecule has 1 aliphatic rings. The summed E-state index contributed by atoms with van der Waals surface area (Å²) in [6.07, 6.45) is 6.38. The van der Waals surface area contributed by atoms with Gasteiger partial charge in [-0.05, 0) is 24.5 Å². The molecule has 2 heterocycles. The molecule has 1 saturated carbocycles. The Kier molecular flexibility index (Phi) is 3.39. The molecule has 0 aromatic carbocycles. The van der Waals surface area contributed by atoms with Crippen molar-refractivity contribution in [3.05, 3.63) is 62.7 Å². The third-order valence-electron chi connectivity index (χ3n) is 3.37. The number of hydrogen-bond donors (Lipinski definition) is 2. The largest absolute Gasteiger partial charge is 0.331 e. The van der Waals surface area contributed by atoms with Crippen molar-refractivity contribution in [2.45, 2.75) is 25.4 Å². The Morgan fingerprint density at radius 1 is 1.38 bits per heavy atom. The molecule has 2 aromatic heterocycles. The zero-order valence-corrected chi connectivity index (χ0v) is 11.2. The van der Waals surface area contributed by atoms with Crippen molar-refractivity contribution >= 4 is 5.91 Å². The molecule has 0 bridgehead atoms. The molecule has 1 aliphatic carbocycles. The summed E-state index contributed by atoms with van der Waals surface area (Å²) in [6, 6.07) is 3.83. The van der Waals surface area contributed by atoms with Gasteiger partial charge in [0.25, 0.3) is 11.5 Å². The topological polar surface area (TPSA) is 98.9 Å². The maximum atomic E-state index is 12.5. The van der Waals surface area contributed by atoms with E-state index in [-0.39, 0.29) is 17.5 Å². The van der Waals surface area contributed by atoms with Crippen LogP contribution >= 0.6 is 0 Å². The number of nitrogens with zero attached hydrogens (tertiary/aromatic N) is 2. The minimum atomic E-state index is -0.666. The minimum absolute atomic E-state index is 0.0506. The first-order chi connectivity index (χ1) is 10.1. The van der Waals surface area contributed by atoms with Crippen LogP contribution in [0.15, 0.2) is 40.3 Å². The summed E-state index contributed by atoms with van der Waals surface area (Å²) < 4.78 is 0. The molecule has 108 valence electrons. The molecule has 0 aliphatic heterocycles. The first kappa shape index (κ1) is 13.3. The van der Waals surface area contributed by atoms with Crippen LogP contribution in [0.2, 0.25) is 0 Å². The third kappa shape index (κ3) is 2.91. The van der Waals surface area contributed by atoms with Crippen LogP contribution in [0.25, 0.3) is 0 Å². The van der Waals surface area contributed by atoms with E-state index in [1.807, 2.05) is 6.07 Å². The lowest BCUT2D eigenvalue weighted by atomic mass is 10.2. The van der Waals surface area contributed by atoms with Gasteiger partial charge in [-0.3, -0.25) is 19.6 Å². The number of hydrogen-bond acceptors (Lipinski definition) is 4. The second-order valence-electron chi connectivity index (χ2n) is 5.01. The van der Waals surface area contributed by atoms with Crippen molar-refractivity contribution in [3.8, 4) is 0 Å². The van der Waals surface area contributed by atoms with E-state index in [2.05, 4.69) is 15.0 Å². The van der Waals surface area contributed by atoms with Crippen LogP contribution in [0.4, 0.5) is 0 Å². The Labute approximate surface area is 119 Å².